The Kier molecular flexibility index (Phi) is 2.46. The molecule has 56 valence electrons. The third kappa shape index (κ3) is 1.22. The Balaban J connectivity index is 2.97. The highest BCUT2D eigenvalue weighted by atomic mass is 32.1. The second kappa shape index (κ2) is 3.17. The molecule has 1 nitrogen and oxygen atoms in total. The van der Waals surface area contributed by atoms with Gasteiger partial charge in [-0.1, -0.05) is 6.92 Å². The van der Waals surface area contributed by atoms with Gasteiger partial charge in [0.15, 0.2) is 0 Å². The van der Waals surface area contributed by atoms with Crippen LogP contribution >= 0.6 is 11.3 Å². The first-order valence-corrected chi connectivity index (χ1v) is 4.34. The SMILES string of the molecule is CCc1csc(CO)c1C. The van der Waals surface area contributed by atoms with Crippen molar-refractivity contribution < 1.29 is 5.11 Å². The van der Waals surface area contributed by atoms with Gasteiger partial charge in [-0.05, 0) is 29.9 Å². The Bertz CT molecular complexity index is 194. The molecular formula is C8H12OS. The quantitative estimate of drug-likeness (QED) is 0.695. The van der Waals surface area contributed by atoms with E-state index >= 15 is 0 Å². The summed E-state index contributed by atoms with van der Waals surface area (Å²) in [6.07, 6.45) is 1.07. The molecule has 0 amide bonds. The molecule has 0 aliphatic carbocycles. The lowest BCUT2D eigenvalue weighted by Crippen LogP contribution is -1.83. The summed E-state index contributed by atoms with van der Waals surface area (Å²) >= 11 is 1.65. The van der Waals surface area contributed by atoms with Crippen molar-refractivity contribution >= 4 is 11.3 Å². The number of aryl methyl sites for hydroxylation is 1. The van der Waals surface area contributed by atoms with Crippen LogP contribution < -0.4 is 0 Å². The highest BCUT2D eigenvalue weighted by Crippen LogP contribution is 2.21. The first kappa shape index (κ1) is 7.76. The van der Waals surface area contributed by atoms with Crippen LogP contribution in [0.3, 0.4) is 0 Å². The minimum Gasteiger partial charge on any atom is -0.391 e. The van der Waals surface area contributed by atoms with Crippen LogP contribution in [-0.2, 0) is 13.0 Å². The number of rotatable bonds is 2. The molecule has 0 unspecified atom stereocenters. The number of hydrogen-bond acceptors (Lipinski definition) is 2. The summed E-state index contributed by atoms with van der Waals surface area (Å²) in [5, 5.41) is 11.0. The van der Waals surface area contributed by atoms with Crippen LogP contribution in [-0.4, -0.2) is 5.11 Å². The monoisotopic (exact) mass is 156 g/mol. The average Bonchev–Trinajstić information content (AvgIpc) is 2.30. The van der Waals surface area contributed by atoms with Crippen LogP contribution in [0.5, 0.6) is 0 Å². The van der Waals surface area contributed by atoms with E-state index in [1.807, 2.05) is 0 Å². The Morgan fingerprint density at radius 2 is 2.30 bits per heavy atom. The lowest BCUT2D eigenvalue weighted by Gasteiger charge is -1.94. The van der Waals surface area contributed by atoms with E-state index in [0.29, 0.717) is 0 Å². The van der Waals surface area contributed by atoms with Crippen molar-refractivity contribution in [2.24, 2.45) is 0 Å². The van der Waals surface area contributed by atoms with Crippen molar-refractivity contribution in [2.45, 2.75) is 26.9 Å². The molecule has 1 aromatic heterocycles. The van der Waals surface area contributed by atoms with E-state index < -0.39 is 0 Å². The van der Waals surface area contributed by atoms with Gasteiger partial charge in [-0.25, -0.2) is 0 Å². The maximum Gasteiger partial charge on any atom is 0.0777 e. The Hall–Kier alpha value is -0.340. The summed E-state index contributed by atoms with van der Waals surface area (Å²) in [4.78, 5) is 1.11. The number of thiophene rings is 1. The second-order valence-corrected chi connectivity index (χ2v) is 3.28. The molecule has 0 bridgehead atoms. The molecule has 0 saturated carbocycles. The molecule has 10 heavy (non-hydrogen) atoms. The number of hydrogen-bond donors (Lipinski definition) is 1. The van der Waals surface area contributed by atoms with Gasteiger partial charge in [0, 0.05) is 4.88 Å². The molecule has 0 fully saturated rings. The predicted molar refractivity (Wildman–Crippen MR) is 44.4 cm³/mol. The standard InChI is InChI=1S/C8H12OS/c1-3-7-5-10-8(4-9)6(7)2/h5,9H,3-4H2,1-2H3. The minimum atomic E-state index is 0.191. The smallest absolute Gasteiger partial charge is 0.0777 e. The van der Waals surface area contributed by atoms with Gasteiger partial charge in [-0.3, -0.25) is 0 Å². The lowest BCUT2D eigenvalue weighted by molar-refractivity contribution is 0.285. The van der Waals surface area contributed by atoms with Gasteiger partial charge in [0.25, 0.3) is 0 Å². The van der Waals surface area contributed by atoms with E-state index in [4.69, 9.17) is 5.11 Å². The molecule has 1 heterocycles. The minimum absolute atomic E-state index is 0.191. The highest BCUT2D eigenvalue weighted by molar-refractivity contribution is 7.10. The molecule has 0 spiro atoms. The van der Waals surface area contributed by atoms with Gasteiger partial charge in [0.05, 0.1) is 6.61 Å². The molecule has 0 atom stereocenters. The summed E-state index contributed by atoms with van der Waals surface area (Å²) in [5.74, 6) is 0. The molecule has 1 rings (SSSR count). The number of aliphatic hydroxyl groups excluding tert-OH is 1. The van der Waals surface area contributed by atoms with Crippen molar-refractivity contribution in [2.75, 3.05) is 0 Å². The average molecular weight is 156 g/mol. The fourth-order valence-electron chi connectivity index (χ4n) is 1.00. The van der Waals surface area contributed by atoms with Crippen LogP contribution in [0.2, 0.25) is 0 Å². The number of aliphatic hydroxyl groups is 1. The van der Waals surface area contributed by atoms with Crippen LogP contribution in [0.15, 0.2) is 5.38 Å². The van der Waals surface area contributed by atoms with E-state index in [1.165, 1.54) is 11.1 Å². The fourth-order valence-corrected chi connectivity index (χ4v) is 2.01. The van der Waals surface area contributed by atoms with Gasteiger partial charge in [0.2, 0.25) is 0 Å². The second-order valence-electron chi connectivity index (χ2n) is 2.32. The summed E-state index contributed by atoms with van der Waals surface area (Å²) in [6.45, 7) is 4.40. The van der Waals surface area contributed by atoms with Gasteiger partial charge in [-0.15, -0.1) is 11.3 Å². The molecule has 1 N–H and O–H groups in total. The first-order valence-electron chi connectivity index (χ1n) is 3.46. The van der Waals surface area contributed by atoms with Gasteiger partial charge in [0.1, 0.15) is 0 Å². The maximum absolute atomic E-state index is 8.84. The van der Waals surface area contributed by atoms with Crippen LogP contribution in [0.4, 0.5) is 0 Å². The van der Waals surface area contributed by atoms with E-state index in [-0.39, 0.29) is 6.61 Å². The van der Waals surface area contributed by atoms with E-state index in [9.17, 15) is 0 Å². The zero-order valence-electron chi connectivity index (χ0n) is 6.35. The Morgan fingerprint density at radius 1 is 1.60 bits per heavy atom. The Labute approximate surface area is 65.3 Å². The van der Waals surface area contributed by atoms with Crippen LogP contribution in [0.25, 0.3) is 0 Å². The van der Waals surface area contributed by atoms with Crippen molar-refractivity contribution in [1.29, 1.82) is 0 Å². The summed E-state index contributed by atoms with van der Waals surface area (Å²) in [5.41, 5.74) is 2.64. The summed E-state index contributed by atoms with van der Waals surface area (Å²) in [7, 11) is 0. The van der Waals surface area contributed by atoms with Crippen LogP contribution in [0.1, 0.15) is 22.9 Å². The first-order chi connectivity index (χ1) is 4.79. The van der Waals surface area contributed by atoms with Crippen molar-refractivity contribution in [1.82, 2.24) is 0 Å². The third-order valence-corrected chi connectivity index (χ3v) is 2.89. The molecule has 0 aromatic carbocycles. The maximum atomic E-state index is 8.84. The third-order valence-electron chi connectivity index (χ3n) is 1.77. The highest BCUT2D eigenvalue weighted by Gasteiger charge is 2.03. The molecule has 0 radical (unpaired) electrons. The molecular weight excluding hydrogens is 144 g/mol. The summed E-state index contributed by atoms with van der Waals surface area (Å²) in [6, 6.07) is 0. The van der Waals surface area contributed by atoms with Crippen molar-refractivity contribution in [3.05, 3.63) is 21.4 Å². The van der Waals surface area contributed by atoms with Gasteiger partial charge >= 0.3 is 0 Å². The Morgan fingerprint density at radius 3 is 2.60 bits per heavy atom. The summed E-state index contributed by atoms with van der Waals surface area (Å²) < 4.78 is 0. The van der Waals surface area contributed by atoms with E-state index in [0.717, 1.165) is 11.3 Å². The lowest BCUT2D eigenvalue weighted by atomic mass is 10.1. The molecule has 1 aromatic rings. The van der Waals surface area contributed by atoms with Gasteiger partial charge < -0.3 is 5.11 Å². The van der Waals surface area contributed by atoms with Crippen molar-refractivity contribution in [3.8, 4) is 0 Å². The largest absolute Gasteiger partial charge is 0.391 e. The predicted octanol–water partition coefficient (Wildman–Crippen LogP) is 2.11. The van der Waals surface area contributed by atoms with E-state index in [2.05, 4.69) is 19.2 Å². The zero-order valence-corrected chi connectivity index (χ0v) is 7.16. The van der Waals surface area contributed by atoms with Crippen LogP contribution in [0, 0.1) is 6.92 Å². The van der Waals surface area contributed by atoms with E-state index in [1.54, 1.807) is 11.3 Å². The molecule has 0 aliphatic rings. The van der Waals surface area contributed by atoms with Crippen molar-refractivity contribution in [3.63, 3.8) is 0 Å². The fraction of sp³-hybridized carbons (Fsp3) is 0.500. The normalized spacial score (nSPS) is 10.3. The zero-order chi connectivity index (χ0) is 7.56. The van der Waals surface area contributed by atoms with Gasteiger partial charge in [-0.2, -0.15) is 0 Å². The molecule has 2 heteroatoms. The topological polar surface area (TPSA) is 20.2 Å². The molecule has 0 aliphatic heterocycles. The molecule has 0 saturated heterocycles.